The summed E-state index contributed by atoms with van der Waals surface area (Å²) in [5.41, 5.74) is 1.87. The van der Waals surface area contributed by atoms with Gasteiger partial charge in [-0.1, -0.05) is 0 Å². The summed E-state index contributed by atoms with van der Waals surface area (Å²) in [4.78, 5) is 24.4. The van der Waals surface area contributed by atoms with Crippen LogP contribution in [0.25, 0.3) is 0 Å². The topological polar surface area (TPSA) is 84.7 Å². The number of nitrogens with two attached hydrogens (primary N) is 1. The lowest BCUT2D eigenvalue weighted by molar-refractivity contribution is -0.154. The van der Waals surface area contributed by atoms with E-state index in [4.69, 9.17) is 10.6 Å². The molecule has 0 spiro atoms. The van der Waals surface area contributed by atoms with Gasteiger partial charge in [-0.2, -0.15) is 0 Å². The number of ether oxygens (including phenoxy) is 1. The molecule has 1 saturated heterocycles. The monoisotopic (exact) mass is 213 g/mol. The Hall–Kier alpha value is -1.14. The van der Waals surface area contributed by atoms with E-state index < -0.39 is 11.8 Å². The smallest absolute Gasteiger partial charge is 0.323 e. The first-order valence-electron chi connectivity index (χ1n) is 5.17. The largest absolute Gasteiger partial charge is 0.374 e. The average Bonchev–Trinajstić information content (AvgIpc) is 2.74. The van der Waals surface area contributed by atoms with Gasteiger partial charge in [0.15, 0.2) is 0 Å². The number of morpholine rings is 1. The summed E-state index contributed by atoms with van der Waals surface area (Å²) in [5.74, 6) is 3.65. The normalized spacial score (nSPS) is 29.8. The lowest BCUT2D eigenvalue weighted by Gasteiger charge is -2.36. The van der Waals surface area contributed by atoms with Crippen LogP contribution < -0.4 is 11.3 Å². The molecule has 1 aliphatic carbocycles. The SMILES string of the molecule is NNC(=O)C(=O)N1CCOC2CCCC21. The van der Waals surface area contributed by atoms with Gasteiger partial charge < -0.3 is 9.64 Å². The van der Waals surface area contributed by atoms with E-state index in [-0.39, 0.29) is 12.1 Å². The molecule has 2 rings (SSSR count). The van der Waals surface area contributed by atoms with E-state index in [0.29, 0.717) is 13.2 Å². The second-order valence-corrected chi connectivity index (χ2v) is 3.88. The Balaban J connectivity index is 2.07. The number of amides is 2. The molecule has 0 radical (unpaired) electrons. The second-order valence-electron chi connectivity index (χ2n) is 3.88. The molecule has 6 nitrogen and oxygen atoms in total. The Morgan fingerprint density at radius 2 is 2.20 bits per heavy atom. The van der Waals surface area contributed by atoms with E-state index in [0.717, 1.165) is 19.3 Å². The number of carbonyl (C=O) groups excluding carboxylic acids is 2. The predicted molar refractivity (Wildman–Crippen MR) is 51.4 cm³/mol. The molecule has 0 bridgehead atoms. The van der Waals surface area contributed by atoms with E-state index in [1.807, 2.05) is 5.43 Å². The van der Waals surface area contributed by atoms with Gasteiger partial charge in [0.25, 0.3) is 0 Å². The van der Waals surface area contributed by atoms with Gasteiger partial charge in [0.2, 0.25) is 0 Å². The molecule has 2 amide bonds. The Labute approximate surface area is 87.7 Å². The third-order valence-electron chi connectivity index (χ3n) is 3.07. The zero-order valence-electron chi connectivity index (χ0n) is 8.44. The first-order chi connectivity index (χ1) is 7.24. The number of rotatable bonds is 0. The third-order valence-corrected chi connectivity index (χ3v) is 3.07. The minimum Gasteiger partial charge on any atom is -0.374 e. The van der Waals surface area contributed by atoms with Crippen molar-refractivity contribution in [2.75, 3.05) is 13.2 Å². The molecule has 1 aliphatic heterocycles. The standard InChI is InChI=1S/C9H15N3O3/c10-11-8(13)9(14)12-4-5-15-7-3-1-2-6(7)12/h6-7H,1-5,10H2,(H,11,13). The third kappa shape index (κ3) is 1.82. The van der Waals surface area contributed by atoms with Crippen LogP contribution in [-0.2, 0) is 14.3 Å². The first-order valence-corrected chi connectivity index (χ1v) is 5.17. The Bertz CT molecular complexity index is 282. The molecule has 0 aromatic heterocycles. The maximum Gasteiger partial charge on any atom is 0.323 e. The molecule has 3 N–H and O–H groups in total. The van der Waals surface area contributed by atoms with Crippen molar-refractivity contribution in [3.63, 3.8) is 0 Å². The molecular formula is C9H15N3O3. The fraction of sp³-hybridized carbons (Fsp3) is 0.778. The molecule has 1 saturated carbocycles. The number of carbonyl (C=O) groups is 2. The molecule has 2 aliphatic rings. The van der Waals surface area contributed by atoms with Gasteiger partial charge in [-0.15, -0.1) is 0 Å². The van der Waals surface area contributed by atoms with Gasteiger partial charge in [-0.05, 0) is 19.3 Å². The average molecular weight is 213 g/mol. The molecule has 2 unspecified atom stereocenters. The molecule has 0 aromatic rings. The minimum absolute atomic E-state index is 0.0588. The van der Waals surface area contributed by atoms with Crippen LogP contribution in [0.4, 0.5) is 0 Å². The van der Waals surface area contributed by atoms with Gasteiger partial charge in [0.1, 0.15) is 0 Å². The lowest BCUT2D eigenvalue weighted by atomic mass is 10.1. The van der Waals surface area contributed by atoms with Crippen molar-refractivity contribution in [2.24, 2.45) is 5.84 Å². The van der Waals surface area contributed by atoms with Crippen LogP contribution in [0, 0.1) is 0 Å². The first kappa shape index (κ1) is 10.4. The van der Waals surface area contributed by atoms with Crippen LogP contribution in [0.5, 0.6) is 0 Å². The quantitative estimate of drug-likeness (QED) is 0.228. The molecule has 84 valence electrons. The highest BCUT2D eigenvalue weighted by Gasteiger charge is 2.39. The number of hydrogen-bond acceptors (Lipinski definition) is 4. The van der Waals surface area contributed by atoms with Crippen LogP contribution in [0.15, 0.2) is 0 Å². The van der Waals surface area contributed by atoms with E-state index in [2.05, 4.69) is 0 Å². The van der Waals surface area contributed by atoms with Crippen LogP contribution in [-0.4, -0.2) is 42.0 Å². The highest BCUT2D eigenvalue weighted by molar-refractivity contribution is 6.34. The summed E-state index contributed by atoms with van der Waals surface area (Å²) in [6.45, 7) is 0.984. The summed E-state index contributed by atoms with van der Waals surface area (Å²) >= 11 is 0. The molecule has 0 aromatic carbocycles. The highest BCUT2D eigenvalue weighted by Crippen LogP contribution is 2.29. The van der Waals surface area contributed by atoms with Crippen LogP contribution in [0.2, 0.25) is 0 Å². The van der Waals surface area contributed by atoms with Gasteiger partial charge in [-0.25, -0.2) is 5.84 Å². The minimum atomic E-state index is -0.748. The zero-order valence-corrected chi connectivity index (χ0v) is 8.44. The number of nitrogens with zero attached hydrogens (tertiary/aromatic N) is 1. The van der Waals surface area contributed by atoms with Crippen molar-refractivity contribution in [1.29, 1.82) is 0 Å². The summed E-state index contributed by atoms with van der Waals surface area (Å²) < 4.78 is 5.54. The van der Waals surface area contributed by atoms with Crippen molar-refractivity contribution in [3.8, 4) is 0 Å². The summed E-state index contributed by atoms with van der Waals surface area (Å²) in [6, 6.07) is 0.0588. The van der Waals surface area contributed by atoms with Crippen molar-refractivity contribution in [1.82, 2.24) is 10.3 Å². The van der Waals surface area contributed by atoms with E-state index in [9.17, 15) is 9.59 Å². The Kier molecular flexibility index (Phi) is 2.88. The maximum atomic E-state index is 11.7. The van der Waals surface area contributed by atoms with Gasteiger partial charge in [-0.3, -0.25) is 15.0 Å². The van der Waals surface area contributed by atoms with Crippen LogP contribution >= 0.6 is 0 Å². The highest BCUT2D eigenvalue weighted by atomic mass is 16.5. The Morgan fingerprint density at radius 1 is 1.40 bits per heavy atom. The van der Waals surface area contributed by atoms with Crippen molar-refractivity contribution in [2.45, 2.75) is 31.4 Å². The molecule has 2 fully saturated rings. The fourth-order valence-corrected chi connectivity index (χ4v) is 2.37. The van der Waals surface area contributed by atoms with Crippen molar-refractivity contribution < 1.29 is 14.3 Å². The summed E-state index contributed by atoms with van der Waals surface area (Å²) in [6.07, 6.45) is 3.03. The number of hydrazine groups is 1. The second kappa shape index (κ2) is 4.16. The zero-order chi connectivity index (χ0) is 10.8. The van der Waals surface area contributed by atoms with Gasteiger partial charge >= 0.3 is 11.8 Å². The number of fused-ring (bicyclic) bond motifs is 1. The van der Waals surface area contributed by atoms with Crippen molar-refractivity contribution in [3.05, 3.63) is 0 Å². The molecule has 15 heavy (non-hydrogen) atoms. The Morgan fingerprint density at radius 3 is 2.93 bits per heavy atom. The lowest BCUT2D eigenvalue weighted by Crippen LogP contribution is -2.56. The van der Waals surface area contributed by atoms with E-state index in [1.165, 1.54) is 0 Å². The van der Waals surface area contributed by atoms with Crippen molar-refractivity contribution >= 4 is 11.8 Å². The molecular weight excluding hydrogens is 198 g/mol. The molecule has 6 heteroatoms. The number of nitrogens with one attached hydrogen (secondary N) is 1. The summed E-state index contributed by atoms with van der Waals surface area (Å²) in [7, 11) is 0. The van der Waals surface area contributed by atoms with E-state index in [1.54, 1.807) is 4.90 Å². The van der Waals surface area contributed by atoms with Crippen LogP contribution in [0.3, 0.4) is 0 Å². The fourth-order valence-electron chi connectivity index (χ4n) is 2.37. The molecule has 2 atom stereocenters. The molecule has 1 heterocycles. The maximum absolute atomic E-state index is 11.7. The predicted octanol–water partition coefficient (Wildman–Crippen LogP) is -1.24. The van der Waals surface area contributed by atoms with Gasteiger partial charge in [0, 0.05) is 6.54 Å². The van der Waals surface area contributed by atoms with Crippen LogP contribution in [0.1, 0.15) is 19.3 Å². The number of hydrogen-bond donors (Lipinski definition) is 2. The van der Waals surface area contributed by atoms with Gasteiger partial charge in [0.05, 0.1) is 18.8 Å². The van der Waals surface area contributed by atoms with E-state index >= 15 is 0 Å². The summed E-state index contributed by atoms with van der Waals surface area (Å²) in [5, 5.41) is 0.